The summed E-state index contributed by atoms with van der Waals surface area (Å²) in [5.74, 6) is 1.89. The van der Waals surface area contributed by atoms with E-state index in [9.17, 15) is 0 Å². The van der Waals surface area contributed by atoms with E-state index in [2.05, 4.69) is 35.6 Å². The lowest BCUT2D eigenvalue weighted by atomic mass is 10.1. The van der Waals surface area contributed by atoms with Crippen LogP contribution in [0, 0.1) is 12.8 Å². The van der Waals surface area contributed by atoms with Gasteiger partial charge in [0.15, 0.2) is 0 Å². The zero-order chi connectivity index (χ0) is 13.4. The molecule has 4 nitrogen and oxygen atoms in total. The second-order valence-corrected chi connectivity index (χ2v) is 5.15. The molecular formula is C14H27N3O. The molecule has 0 fully saturated rings. The van der Waals surface area contributed by atoms with Crippen LogP contribution in [0.15, 0.2) is 6.20 Å². The predicted molar refractivity (Wildman–Crippen MR) is 74.6 cm³/mol. The molecule has 0 aliphatic rings. The van der Waals surface area contributed by atoms with Gasteiger partial charge in [-0.3, -0.25) is 0 Å². The SMILES string of the molecule is COCCNCc1cnc(C)n1CCCC(C)C. The average molecular weight is 253 g/mol. The summed E-state index contributed by atoms with van der Waals surface area (Å²) in [6.07, 6.45) is 4.47. The van der Waals surface area contributed by atoms with Crippen LogP contribution in [0.25, 0.3) is 0 Å². The second-order valence-electron chi connectivity index (χ2n) is 5.15. The second kappa shape index (κ2) is 8.27. The number of nitrogens with zero attached hydrogens (tertiary/aromatic N) is 2. The van der Waals surface area contributed by atoms with Crippen molar-refractivity contribution in [2.24, 2.45) is 5.92 Å². The van der Waals surface area contributed by atoms with Crippen molar-refractivity contribution in [1.82, 2.24) is 14.9 Å². The minimum Gasteiger partial charge on any atom is -0.383 e. The van der Waals surface area contributed by atoms with Crippen LogP contribution in [0.3, 0.4) is 0 Å². The van der Waals surface area contributed by atoms with Crippen LogP contribution in [0.1, 0.15) is 38.2 Å². The van der Waals surface area contributed by atoms with Crippen molar-refractivity contribution < 1.29 is 4.74 Å². The lowest BCUT2D eigenvalue weighted by molar-refractivity contribution is 0.199. The van der Waals surface area contributed by atoms with E-state index in [1.807, 2.05) is 6.20 Å². The van der Waals surface area contributed by atoms with Gasteiger partial charge in [-0.1, -0.05) is 13.8 Å². The smallest absolute Gasteiger partial charge is 0.105 e. The molecule has 0 spiro atoms. The first kappa shape index (κ1) is 15.2. The first-order chi connectivity index (χ1) is 8.65. The molecule has 1 rings (SSSR count). The molecule has 0 aliphatic heterocycles. The number of rotatable bonds is 9. The molecule has 0 aromatic carbocycles. The van der Waals surface area contributed by atoms with Crippen molar-refractivity contribution in [2.75, 3.05) is 20.3 Å². The fraction of sp³-hybridized carbons (Fsp3) is 0.786. The van der Waals surface area contributed by atoms with Gasteiger partial charge in [0.1, 0.15) is 5.82 Å². The molecule has 1 aromatic rings. The van der Waals surface area contributed by atoms with Gasteiger partial charge in [0.2, 0.25) is 0 Å². The van der Waals surface area contributed by atoms with Crippen molar-refractivity contribution in [2.45, 2.75) is 46.7 Å². The Bertz CT molecular complexity index is 334. The zero-order valence-electron chi connectivity index (χ0n) is 12.2. The van der Waals surface area contributed by atoms with Crippen LogP contribution in [0.5, 0.6) is 0 Å². The molecule has 0 amide bonds. The van der Waals surface area contributed by atoms with E-state index < -0.39 is 0 Å². The van der Waals surface area contributed by atoms with Gasteiger partial charge < -0.3 is 14.6 Å². The summed E-state index contributed by atoms with van der Waals surface area (Å²) < 4.78 is 7.34. The molecule has 1 N–H and O–H groups in total. The predicted octanol–water partition coefficient (Wildman–Crippen LogP) is 2.36. The summed E-state index contributed by atoms with van der Waals surface area (Å²) >= 11 is 0. The lowest BCUT2D eigenvalue weighted by Crippen LogP contribution is -2.20. The van der Waals surface area contributed by atoms with Crippen LogP contribution in [0.4, 0.5) is 0 Å². The third-order valence-electron chi connectivity index (χ3n) is 3.09. The third-order valence-corrected chi connectivity index (χ3v) is 3.09. The number of methoxy groups -OCH3 is 1. The first-order valence-corrected chi connectivity index (χ1v) is 6.85. The maximum absolute atomic E-state index is 5.02. The van der Waals surface area contributed by atoms with Gasteiger partial charge in [-0.15, -0.1) is 0 Å². The summed E-state index contributed by atoms with van der Waals surface area (Å²) in [5, 5.41) is 3.37. The molecule has 0 aliphatic carbocycles. The maximum Gasteiger partial charge on any atom is 0.105 e. The number of ether oxygens (including phenoxy) is 1. The maximum atomic E-state index is 5.02. The number of aryl methyl sites for hydroxylation is 1. The summed E-state index contributed by atoms with van der Waals surface area (Å²) in [6.45, 7) is 10.2. The number of imidazole rings is 1. The van der Waals surface area contributed by atoms with Crippen LogP contribution in [-0.4, -0.2) is 29.8 Å². The van der Waals surface area contributed by atoms with Crippen LogP contribution in [0.2, 0.25) is 0 Å². The Morgan fingerprint density at radius 2 is 2.22 bits per heavy atom. The fourth-order valence-electron chi connectivity index (χ4n) is 2.01. The van der Waals surface area contributed by atoms with Crippen LogP contribution >= 0.6 is 0 Å². The van der Waals surface area contributed by atoms with E-state index >= 15 is 0 Å². The van der Waals surface area contributed by atoms with Gasteiger partial charge in [0.05, 0.1) is 12.3 Å². The Hall–Kier alpha value is -0.870. The molecule has 0 saturated carbocycles. The van der Waals surface area contributed by atoms with E-state index in [0.717, 1.165) is 38.0 Å². The van der Waals surface area contributed by atoms with E-state index in [4.69, 9.17) is 4.74 Å². The normalized spacial score (nSPS) is 11.4. The zero-order valence-corrected chi connectivity index (χ0v) is 12.2. The van der Waals surface area contributed by atoms with Crippen molar-refractivity contribution in [1.29, 1.82) is 0 Å². The standard InChI is InChI=1S/C14H27N3O/c1-12(2)6-5-8-17-13(3)16-11-14(17)10-15-7-9-18-4/h11-12,15H,5-10H2,1-4H3. The van der Waals surface area contributed by atoms with E-state index in [-0.39, 0.29) is 0 Å². The largest absolute Gasteiger partial charge is 0.383 e. The van der Waals surface area contributed by atoms with Crippen molar-refractivity contribution >= 4 is 0 Å². The number of aromatic nitrogens is 2. The summed E-state index contributed by atoms with van der Waals surface area (Å²) in [4.78, 5) is 4.40. The topological polar surface area (TPSA) is 39.1 Å². The fourth-order valence-corrected chi connectivity index (χ4v) is 2.01. The minimum atomic E-state index is 0.750. The molecule has 1 heterocycles. The van der Waals surface area contributed by atoms with Gasteiger partial charge in [0, 0.05) is 32.9 Å². The van der Waals surface area contributed by atoms with Crippen molar-refractivity contribution in [3.63, 3.8) is 0 Å². The van der Waals surface area contributed by atoms with E-state index in [1.165, 1.54) is 18.5 Å². The number of nitrogens with one attached hydrogen (secondary N) is 1. The monoisotopic (exact) mass is 253 g/mol. The van der Waals surface area contributed by atoms with Crippen molar-refractivity contribution in [3.05, 3.63) is 17.7 Å². The molecular weight excluding hydrogens is 226 g/mol. The highest BCUT2D eigenvalue weighted by Gasteiger charge is 2.06. The molecule has 104 valence electrons. The molecule has 0 atom stereocenters. The molecule has 0 unspecified atom stereocenters. The minimum absolute atomic E-state index is 0.750. The molecule has 1 aromatic heterocycles. The van der Waals surface area contributed by atoms with E-state index in [0.29, 0.717) is 0 Å². The lowest BCUT2D eigenvalue weighted by Gasteiger charge is -2.12. The van der Waals surface area contributed by atoms with Crippen LogP contribution < -0.4 is 5.32 Å². The van der Waals surface area contributed by atoms with Gasteiger partial charge in [-0.2, -0.15) is 0 Å². The Morgan fingerprint density at radius 3 is 2.89 bits per heavy atom. The Labute approximate surface area is 111 Å². The Kier molecular flexibility index (Phi) is 6.98. The number of hydrogen-bond acceptors (Lipinski definition) is 3. The third kappa shape index (κ3) is 5.19. The highest BCUT2D eigenvalue weighted by molar-refractivity contribution is 5.04. The summed E-state index contributed by atoms with van der Waals surface area (Å²) in [5.41, 5.74) is 1.27. The molecule has 0 radical (unpaired) electrons. The molecule has 0 saturated heterocycles. The molecule has 0 bridgehead atoms. The van der Waals surface area contributed by atoms with Gasteiger partial charge in [-0.05, 0) is 25.7 Å². The highest BCUT2D eigenvalue weighted by atomic mass is 16.5. The first-order valence-electron chi connectivity index (χ1n) is 6.85. The summed E-state index contributed by atoms with van der Waals surface area (Å²) in [6, 6.07) is 0. The highest BCUT2D eigenvalue weighted by Crippen LogP contribution is 2.10. The molecule has 4 heteroatoms. The average Bonchev–Trinajstić information content (AvgIpc) is 2.66. The summed E-state index contributed by atoms with van der Waals surface area (Å²) in [7, 11) is 1.72. The molecule has 18 heavy (non-hydrogen) atoms. The number of hydrogen-bond donors (Lipinski definition) is 1. The van der Waals surface area contributed by atoms with Gasteiger partial charge in [-0.25, -0.2) is 4.98 Å². The quantitative estimate of drug-likeness (QED) is 0.687. The van der Waals surface area contributed by atoms with Gasteiger partial charge in [0.25, 0.3) is 0 Å². The van der Waals surface area contributed by atoms with Gasteiger partial charge >= 0.3 is 0 Å². The Morgan fingerprint density at radius 1 is 1.44 bits per heavy atom. The van der Waals surface area contributed by atoms with Crippen LogP contribution in [-0.2, 0) is 17.8 Å². The Balaban J connectivity index is 2.42. The van der Waals surface area contributed by atoms with Crippen molar-refractivity contribution in [3.8, 4) is 0 Å². The van der Waals surface area contributed by atoms with E-state index in [1.54, 1.807) is 7.11 Å².